The lowest BCUT2D eigenvalue weighted by atomic mass is 10.0. The van der Waals surface area contributed by atoms with Gasteiger partial charge in [-0.15, -0.1) is 0 Å². The highest BCUT2D eigenvalue weighted by molar-refractivity contribution is 5.46. The highest BCUT2D eigenvalue weighted by atomic mass is 19.1. The van der Waals surface area contributed by atoms with Crippen LogP contribution in [-0.2, 0) is 0 Å². The van der Waals surface area contributed by atoms with Crippen LogP contribution in [0.2, 0.25) is 0 Å². The van der Waals surface area contributed by atoms with E-state index in [0.29, 0.717) is 5.69 Å². The van der Waals surface area contributed by atoms with Gasteiger partial charge in [0.2, 0.25) is 0 Å². The first-order valence-electron chi connectivity index (χ1n) is 4.23. The fourth-order valence-corrected chi connectivity index (χ4v) is 1.28. The van der Waals surface area contributed by atoms with Crippen molar-refractivity contribution in [3.05, 3.63) is 29.3 Å². The molecule has 13 heavy (non-hydrogen) atoms. The highest BCUT2D eigenvalue weighted by Gasteiger charge is 2.13. The third-order valence-electron chi connectivity index (χ3n) is 1.95. The van der Waals surface area contributed by atoms with Crippen molar-refractivity contribution in [2.75, 3.05) is 12.4 Å². The van der Waals surface area contributed by atoms with Gasteiger partial charge in [0.25, 0.3) is 0 Å². The Balaban J connectivity index is 3.23. The lowest BCUT2D eigenvalue weighted by molar-refractivity contribution is 0.542. The Morgan fingerprint density at radius 1 is 1.15 bits per heavy atom. The molecular weight excluding hydrogens is 172 g/mol. The molecule has 72 valence electrons. The van der Waals surface area contributed by atoms with Gasteiger partial charge in [0, 0.05) is 18.3 Å². The van der Waals surface area contributed by atoms with Crippen molar-refractivity contribution in [1.82, 2.24) is 0 Å². The summed E-state index contributed by atoms with van der Waals surface area (Å²) >= 11 is 0. The summed E-state index contributed by atoms with van der Waals surface area (Å²) in [5, 5.41) is 2.69. The molecule has 0 aliphatic heterocycles. The quantitative estimate of drug-likeness (QED) is 0.746. The summed E-state index contributed by atoms with van der Waals surface area (Å²) < 4.78 is 26.5. The average Bonchev–Trinajstić information content (AvgIpc) is 2.02. The second kappa shape index (κ2) is 3.73. The molecule has 0 spiro atoms. The Morgan fingerprint density at radius 3 is 1.92 bits per heavy atom. The van der Waals surface area contributed by atoms with Gasteiger partial charge in [-0.2, -0.15) is 0 Å². The molecule has 3 heteroatoms. The number of halogens is 2. The topological polar surface area (TPSA) is 12.0 Å². The molecule has 0 saturated heterocycles. The predicted molar refractivity (Wildman–Crippen MR) is 50.0 cm³/mol. The van der Waals surface area contributed by atoms with E-state index in [4.69, 9.17) is 0 Å². The van der Waals surface area contributed by atoms with E-state index in [1.165, 1.54) is 12.1 Å². The molecule has 0 radical (unpaired) electrons. The van der Waals surface area contributed by atoms with Gasteiger partial charge in [0.05, 0.1) is 0 Å². The van der Waals surface area contributed by atoms with Crippen LogP contribution in [0.4, 0.5) is 14.5 Å². The Kier molecular flexibility index (Phi) is 2.86. The summed E-state index contributed by atoms with van der Waals surface area (Å²) in [6.07, 6.45) is 0. The van der Waals surface area contributed by atoms with E-state index >= 15 is 0 Å². The molecule has 0 atom stereocenters. The third-order valence-corrected chi connectivity index (χ3v) is 1.95. The van der Waals surface area contributed by atoms with Crippen molar-refractivity contribution in [2.45, 2.75) is 19.8 Å². The Hall–Kier alpha value is -1.12. The van der Waals surface area contributed by atoms with Crippen LogP contribution < -0.4 is 5.32 Å². The molecule has 0 heterocycles. The average molecular weight is 185 g/mol. The van der Waals surface area contributed by atoms with Crippen LogP contribution in [0.25, 0.3) is 0 Å². The summed E-state index contributed by atoms with van der Waals surface area (Å²) in [6.45, 7) is 3.53. The van der Waals surface area contributed by atoms with Crippen molar-refractivity contribution >= 4 is 5.69 Å². The molecule has 1 N–H and O–H groups in total. The molecule has 1 aromatic carbocycles. The fourth-order valence-electron chi connectivity index (χ4n) is 1.28. The zero-order valence-corrected chi connectivity index (χ0v) is 7.99. The third kappa shape index (κ3) is 1.97. The molecule has 1 nitrogen and oxygen atoms in total. The van der Waals surface area contributed by atoms with Crippen LogP contribution in [0.15, 0.2) is 12.1 Å². The number of benzene rings is 1. The van der Waals surface area contributed by atoms with Crippen LogP contribution in [0, 0.1) is 11.6 Å². The Morgan fingerprint density at radius 2 is 1.62 bits per heavy atom. The van der Waals surface area contributed by atoms with E-state index in [-0.39, 0.29) is 11.5 Å². The highest BCUT2D eigenvalue weighted by Crippen LogP contribution is 2.24. The van der Waals surface area contributed by atoms with Crippen molar-refractivity contribution < 1.29 is 8.78 Å². The first kappa shape index (κ1) is 9.96. The van der Waals surface area contributed by atoms with Crippen molar-refractivity contribution in [3.8, 4) is 0 Å². The molecule has 0 aromatic heterocycles. The summed E-state index contributed by atoms with van der Waals surface area (Å²) in [6, 6.07) is 2.61. The lowest BCUT2D eigenvalue weighted by Gasteiger charge is -2.10. The van der Waals surface area contributed by atoms with E-state index in [1.807, 2.05) is 0 Å². The van der Waals surface area contributed by atoms with Gasteiger partial charge in [-0.1, -0.05) is 13.8 Å². The first-order chi connectivity index (χ1) is 6.06. The maximum Gasteiger partial charge on any atom is 0.131 e. The Labute approximate surface area is 76.8 Å². The molecule has 0 aliphatic carbocycles. The number of hydrogen-bond acceptors (Lipinski definition) is 1. The normalized spacial score (nSPS) is 10.6. The van der Waals surface area contributed by atoms with Gasteiger partial charge < -0.3 is 5.32 Å². The van der Waals surface area contributed by atoms with Gasteiger partial charge in [-0.05, 0) is 18.1 Å². The van der Waals surface area contributed by atoms with E-state index in [2.05, 4.69) is 5.32 Å². The zero-order valence-electron chi connectivity index (χ0n) is 7.99. The number of nitrogens with one attached hydrogen (secondary N) is 1. The molecule has 0 amide bonds. The van der Waals surface area contributed by atoms with Crippen molar-refractivity contribution in [1.29, 1.82) is 0 Å². The lowest BCUT2D eigenvalue weighted by Crippen LogP contribution is -2.00. The zero-order chi connectivity index (χ0) is 10.0. The van der Waals surface area contributed by atoms with Gasteiger partial charge in [-0.25, -0.2) is 8.78 Å². The summed E-state index contributed by atoms with van der Waals surface area (Å²) in [5.74, 6) is -1.11. The maximum atomic E-state index is 13.3. The predicted octanol–water partition coefficient (Wildman–Crippen LogP) is 3.13. The fraction of sp³-hybridized carbons (Fsp3) is 0.400. The van der Waals surface area contributed by atoms with Crippen LogP contribution in [-0.4, -0.2) is 7.05 Å². The van der Waals surface area contributed by atoms with Gasteiger partial charge in [0.1, 0.15) is 11.6 Å². The van der Waals surface area contributed by atoms with Crippen molar-refractivity contribution in [2.24, 2.45) is 0 Å². The van der Waals surface area contributed by atoms with Crippen LogP contribution in [0.5, 0.6) is 0 Å². The summed E-state index contributed by atoms with van der Waals surface area (Å²) in [7, 11) is 1.63. The number of rotatable bonds is 2. The molecule has 0 saturated carbocycles. The minimum atomic E-state index is -0.487. The van der Waals surface area contributed by atoms with Crippen LogP contribution in [0.1, 0.15) is 25.3 Å². The minimum absolute atomic E-state index is 0.133. The molecule has 0 bridgehead atoms. The van der Waals surface area contributed by atoms with Gasteiger partial charge in [0.15, 0.2) is 0 Å². The largest absolute Gasteiger partial charge is 0.388 e. The molecule has 0 fully saturated rings. The summed E-state index contributed by atoms with van der Waals surface area (Å²) in [5.41, 5.74) is 0.610. The Bertz CT molecular complexity index is 285. The van der Waals surface area contributed by atoms with E-state index in [0.717, 1.165) is 0 Å². The smallest absolute Gasteiger partial charge is 0.131 e. The maximum absolute atomic E-state index is 13.3. The standard InChI is InChI=1S/C10H13F2N/c1-6(2)10-8(11)4-7(13-3)5-9(10)12/h4-6,13H,1-3H3. The molecule has 1 aromatic rings. The molecular formula is C10H13F2N. The van der Waals surface area contributed by atoms with E-state index < -0.39 is 11.6 Å². The number of anilines is 1. The molecule has 0 unspecified atom stereocenters. The molecule has 0 aliphatic rings. The second-order valence-electron chi connectivity index (χ2n) is 3.26. The van der Waals surface area contributed by atoms with Gasteiger partial charge in [-0.3, -0.25) is 0 Å². The van der Waals surface area contributed by atoms with Crippen LogP contribution >= 0.6 is 0 Å². The first-order valence-corrected chi connectivity index (χ1v) is 4.23. The molecule has 1 rings (SSSR count). The second-order valence-corrected chi connectivity index (χ2v) is 3.26. The van der Waals surface area contributed by atoms with Gasteiger partial charge >= 0.3 is 0 Å². The summed E-state index contributed by atoms with van der Waals surface area (Å²) in [4.78, 5) is 0. The van der Waals surface area contributed by atoms with Crippen LogP contribution in [0.3, 0.4) is 0 Å². The van der Waals surface area contributed by atoms with E-state index in [1.54, 1.807) is 20.9 Å². The number of hydrogen-bond donors (Lipinski definition) is 1. The SMILES string of the molecule is CNc1cc(F)c(C(C)C)c(F)c1. The minimum Gasteiger partial charge on any atom is -0.388 e. The monoisotopic (exact) mass is 185 g/mol. The van der Waals surface area contributed by atoms with E-state index in [9.17, 15) is 8.78 Å². The van der Waals surface area contributed by atoms with Crippen molar-refractivity contribution in [3.63, 3.8) is 0 Å².